The molecule has 0 saturated heterocycles. The second kappa shape index (κ2) is 5.96. The molecule has 4 N–H and O–H groups in total. The van der Waals surface area contributed by atoms with Crippen molar-refractivity contribution in [3.05, 3.63) is 45.9 Å². The van der Waals surface area contributed by atoms with E-state index in [0.29, 0.717) is 18.7 Å². The maximum absolute atomic E-state index is 12.5. The van der Waals surface area contributed by atoms with Gasteiger partial charge in [0.05, 0.1) is 5.69 Å². The molecule has 1 aromatic carbocycles. The number of aromatic hydroxyl groups is 1. The number of rotatable bonds is 5. The van der Waals surface area contributed by atoms with E-state index in [2.05, 4.69) is 18.9 Å². The van der Waals surface area contributed by atoms with Gasteiger partial charge in [-0.05, 0) is 49.6 Å². The van der Waals surface area contributed by atoms with Gasteiger partial charge in [-0.1, -0.05) is 13.8 Å². The van der Waals surface area contributed by atoms with Crippen molar-refractivity contribution in [1.82, 2.24) is 9.78 Å². The molecular formula is C15H21N3O2. The van der Waals surface area contributed by atoms with Crippen LogP contribution in [0.1, 0.15) is 37.4 Å². The van der Waals surface area contributed by atoms with Crippen LogP contribution in [0.2, 0.25) is 0 Å². The van der Waals surface area contributed by atoms with E-state index in [4.69, 9.17) is 5.73 Å². The third-order valence-electron chi connectivity index (χ3n) is 3.33. The minimum atomic E-state index is -0.0344. The minimum Gasteiger partial charge on any atom is -0.508 e. The van der Waals surface area contributed by atoms with Crippen molar-refractivity contribution >= 4 is 0 Å². The van der Waals surface area contributed by atoms with Crippen LogP contribution in [0.5, 0.6) is 5.75 Å². The van der Waals surface area contributed by atoms with E-state index in [9.17, 15) is 9.90 Å². The first-order valence-corrected chi connectivity index (χ1v) is 6.88. The van der Waals surface area contributed by atoms with E-state index in [1.165, 1.54) is 4.68 Å². The Morgan fingerprint density at radius 2 is 1.95 bits per heavy atom. The number of nitrogens with one attached hydrogen (secondary N) is 1. The van der Waals surface area contributed by atoms with E-state index in [1.54, 1.807) is 24.3 Å². The first-order chi connectivity index (χ1) is 9.54. The molecule has 0 aliphatic carbocycles. The number of phenolic OH excluding ortho intramolecular Hbond substituents is 1. The Morgan fingerprint density at radius 3 is 2.50 bits per heavy atom. The predicted octanol–water partition coefficient (Wildman–Crippen LogP) is 1.89. The Hall–Kier alpha value is -2.01. The monoisotopic (exact) mass is 275 g/mol. The molecule has 0 atom stereocenters. The number of hydrogen-bond acceptors (Lipinski definition) is 3. The van der Waals surface area contributed by atoms with Crippen LogP contribution in [-0.4, -0.2) is 21.4 Å². The lowest BCUT2D eigenvalue weighted by Crippen LogP contribution is -2.18. The van der Waals surface area contributed by atoms with E-state index in [0.717, 1.165) is 17.7 Å². The molecule has 20 heavy (non-hydrogen) atoms. The number of phenols is 1. The Morgan fingerprint density at radius 1 is 1.30 bits per heavy atom. The Labute approximate surface area is 118 Å². The van der Waals surface area contributed by atoms with Gasteiger partial charge in [0, 0.05) is 11.3 Å². The SMILES string of the molecule is CC(C)c1[nH]n(-c2ccc(O)cc2)c(=O)c1CCCN. The molecule has 0 unspecified atom stereocenters. The number of aromatic amines is 1. The average molecular weight is 275 g/mol. The number of H-pyrrole nitrogens is 1. The van der Waals surface area contributed by atoms with Crippen molar-refractivity contribution in [2.75, 3.05) is 6.54 Å². The van der Waals surface area contributed by atoms with Crippen molar-refractivity contribution in [3.8, 4) is 11.4 Å². The number of aromatic nitrogens is 2. The summed E-state index contributed by atoms with van der Waals surface area (Å²) >= 11 is 0. The molecule has 0 spiro atoms. The number of hydrogen-bond donors (Lipinski definition) is 3. The topological polar surface area (TPSA) is 84.0 Å². The highest BCUT2D eigenvalue weighted by Crippen LogP contribution is 2.18. The molecular weight excluding hydrogens is 254 g/mol. The van der Waals surface area contributed by atoms with Crippen molar-refractivity contribution in [2.24, 2.45) is 5.73 Å². The lowest BCUT2D eigenvalue weighted by Gasteiger charge is -2.05. The van der Waals surface area contributed by atoms with Gasteiger partial charge in [0.2, 0.25) is 0 Å². The molecule has 0 bridgehead atoms. The zero-order chi connectivity index (χ0) is 14.7. The van der Waals surface area contributed by atoms with Gasteiger partial charge in [-0.3, -0.25) is 9.89 Å². The molecule has 5 nitrogen and oxygen atoms in total. The van der Waals surface area contributed by atoms with Gasteiger partial charge in [0.1, 0.15) is 5.75 Å². The molecule has 5 heteroatoms. The number of nitrogens with zero attached hydrogens (tertiary/aromatic N) is 1. The molecule has 0 saturated carbocycles. The van der Waals surface area contributed by atoms with Gasteiger partial charge in [-0.2, -0.15) is 0 Å². The summed E-state index contributed by atoms with van der Waals surface area (Å²) in [7, 11) is 0. The van der Waals surface area contributed by atoms with Crippen LogP contribution in [-0.2, 0) is 6.42 Å². The van der Waals surface area contributed by atoms with Crippen LogP contribution in [0.15, 0.2) is 29.1 Å². The Kier molecular flexibility index (Phi) is 4.29. The molecule has 0 fully saturated rings. The summed E-state index contributed by atoms with van der Waals surface area (Å²) in [4.78, 5) is 12.5. The van der Waals surface area contributed by atoms with Gasteiger partial charge in [-0.15, -0.1) is 0 Å². The smallest absolute Gasteiger partial charge is 0.274 e. The van der Waals surface area contributed by atoms with E-state index < -0.39 is 0 Å². The summed E-state index contributed by atoms with van der Waals surface area (Å²) < 4.78 is 1.53. The summed E-state index contributed by atoms with van der Waals surface area (Å²) in [5.74, 6) is 0.426. The van der Waals surface area contributed by atoms with Crippen LogP contribution >= 0.6 is 0 Å². The number of benzene rings is 1. The average Bonchev–Trinajstić information content (AvgIpc) is 2.75. The maximum Gasteiger partial charge on any atom is 0.274 e. The molecule has 0 aliphatic rings. The zero-order valence-electron chi connectivity index (χ0n) is 11.9. The first kappa shape index (κ1) is 14.4. The standard InChI is InChI=1S/C15H21N3O2/c1-10(2)14-13(4-3-9-16)15(20)18(17-14)11-5-7-12(19)8-6-11/h5-8,10,17,19H,3-4,9,16H2,1-2H3. The zero-order valence-corrected chi connectivity index (χ0v) is 11.9. The molecule has 2 rings (SSSR count). The normalized spacial score (nSPS) is 11.2. The second-order valence-electron chi connectivity index (χ2n) is 5.21. The van der Waals surface area contributed by atoms with E-state index >= 15 is 0 Å². The fraction of sp³-hybridized carbons (Fsp3) is 0.400. The van der Waals surface area contributed by atoms with Crippen LogP contribution in [0.3, 0.4) is 0 Å². The molecule has 2 aromatic rings. The van der Waals surface area contributed by atoms with Gasteiger partial charge in [0.15, 0.2) is 0 Å². The summed E-state index contributed by atoms with van der Waals surface area (Å²) in [5, 5.41) is 12.5. The summed E-state index contributed by atoms with van der Waals surface area (Å²) in [6.45, 7) is 4.68. The lowest BCUT2D eigenvalue weighted by molar-refractivity contribution is 0.475. The van der Waals surface area contributed by atoms with Crippen LogP contribution in [0.4, 0.5) is 0 Å². The summed E-state index contributed by atoms with van der Waals surface area (Å²) in [6.07, 6.45) is 1.48. The Balaban J connectivity index is 2.49. The van der Waals surface area contributed by atoms with Crippen molar-refractivity contribution in [1.29, 1.82) is 0 Å². The molecule has 0 aliphatic heterocycles. The molecule has 0 radical (unpaired) electrons. The van der Waals surface area contributed by atoms with Gasteiger partial charge in [-0.25, -0.2) is 4.68 Å². The molecule has 1 aromatic heterocycles. The van der Waals surface area contributed by atoms with Gasteiger partial charge < -0.3 is 10.8 Å². The Bertz CT molecular complexity index is 624. The van der Waals surface area contributed by atoms with E-state index in [-0.39, 0.29) is 17.2 Å². The lowest BCUT2D eigenvalue weighted by atomic mass is 10.0. The fourth-order valence-electron chi connectivity index (χ4n) is 2.27. The molecule has 0 amide bonds. The first-order valence-electron chi connectivity index (χ1n) is 6.88. The van der Waals surface area contributed by atoms with Crippen LogP contribution < -0.4 is 11.3 Å². The summed E-state index contributed by atoms with van der Waals surface area (Å²) in [6, 6.07) is 6.56. The van der Waals surface area contributed by atoms with Crippen molar-refractivity contribution in [3.63, 3.8) is 0 Å². The minimum absolute atomic E-state index is 0.0344. The second-order valence-corrected chi connectivity index (χ2v) is 5.21. The third-order valence-corrected chi connectivity index (χ3v) is 3.33. The highest BCUT2D eigenvalue weighted by atomic mass is 16.3. The van der Waals surface area contributed by atoms with Crippen LogP contribution in [0.25, 0.3) is 5.69 Å². The fourth-order valence-corrected chi connectivity index (χ4v) is 2.27. The van der Waals surface area contributed by atoms with E-state index in [1.807, 2.05) is 0 Å². The highest BCUT2D eigenvalue weighted by molar-refractivity contribution is 5.37. The van der Waals surface area contributed by atoms with Crippen LogP contribution in [0, 0.1) is 0 Å². The van der Waals surface area contributed by atoms with Crippen molar-refractivity contribution < 1.29 is 5.11 Å². The van der Waals surface area contributed by atoms with Crippen molar-refractivity contribution in [2.45, 2.75) is 32.6 Å². The van der Waals surface area contributed by atoms with Gasteiger partial charge in [0.25, 0.3) is 5.56 Å². The number of nitrogens with two attached hydrogens (primary N) is 1. The molecule has 1 heterocycles. The molecule has 108 valence electrons. The summed E-state index contributed by atoms with van der Waals surface area (Å²) in [5.41, 5.74) is 7.98. The predicted molar refractivity (Wildman–Crippen MR) is 79.5 cm³/mol. The largest absolute Gasteiger partial charge is 0.508 e. The highest BCUT2D eigenvalue weighted by Gasteiger charge is 2.16. The van der Waals surface area contributed by atoms with Gasteiger partial charge >= 0.3 is 0 Å². The maximum atomic E-state index is 12.5. The third kappa shape index (κ3) is 2.77. The quantitative estimate of drug-likeness (QED) is 0.779.